The number of ether oxygens (including phenoxy) is 1. The third kappa shape index (κ3) is 3.58. The number of ketones is 1. The third-order valence-corrected chi connectivity index (χ3v) is 5.18. The van der Waals surface area contributed by atoms with E-state index in [0.29, 0.717) is 11.3 Å². The number of amides is 2. The van der Waals surface area contributed by atoms with Crippen LogP contribution in [0.2, 0.25) is 0 Å². The average molecular weight is 385 g/mol. The fourth-order valence-electron chi connectivity index (χ4n) is 2.66. The van der Waals surface area contributed by atoms with E-state index in [1.165, 1.54) is 26.0 Å². The van der Waals surface area contributed by atoms with E-state index in [4.69, 9.17) is 4.74 Å². The first kappa shape index (κ1) is 19.9. The lowest BCUT2D eigenvalue weighted by atomic mass is 10.0. The molecule has 1 saturated heterocycles. The van der Waals surface area contributed by atoms with Crippen molar-refractivity contribution in [2.75, 3.05) is 26.6 Å². The number of fused-ring (bicyclic) bond motifs is 1. The summed E-state index contributed by atoms with van der Waals surface area (Å²) in [5.41, 5.74) is -0.0696. The van der Waals surface area contributed by atoms with Gasteiger partial charge in [0.1, 0.15) is 24.2 Å². The average Bonchev–Trinajstić information content (AvgIpc) is 2.62. The number of β-lactam (4-membered cyclic amide) rings is 1. The Morgan fingerprint density at radius 1 is 1.38 bits per heavy atom. The van der Waals surface area contributed by atoms with Gasteiger partial charge in [-0.1, -0.05) is 12.1 Å². The molecule has 0 aliphatic carbocycles. The topological polar surface area (TPSA) is 135 Å². The number of oxime groups is 1. The van der Waals surface area contributed by atoms with Gasteiger partial charge in [0, 0.05) is 19.3 Å². The zero-order valence-corrected chi connectivity index (χ0v) is 15.3. The van der Waals surface area contributed by atoms with Crippen LogP contribution in [0, 0.1) is 0 Å². The zero-order valence-electron chi connectivity index (χ0n) is 14.5. The number of nitrogens with one attached hydrogen (secondary N) is 1. The van der Waals surface area contributed by atoms with Crippen LogP contribution in [-0.4, -0.2) is 77.3 Å². The first-order chi connectivity index (χ1) is 12.4. The Bertz CT molecular complexity index is 703. The summed E-state index contributed by atoms with van der Waals surface area (Å²) in [6, 6.07) is -0.947. The molecule has 0 aromatic rings. The third-order valence-electron chi connectivity index (χ3n) is 3.84. The fraction of sp³-hybridized carbons (Fsp3) is 0.533. The largest absolute Gasteiger partial charge is 0.477 e. The van der Waals surface area contributed by atoms with Gasteiger partial charge in [-0.25, -0.2) is 4.79 Å². The number of carbonyl (C=O) groups is 4. The molecule has 10 nitrogen and oxygen atoms in total. The number of carbonyl (C=O) groups excluding carboxylic acids is 3. The molecule has 2 rings (SSSR count). The van der Waals surface area contributed by atoms with Crippen molar-refractivity contribution >= 4 is 41.0 Å². The van der Waals surface area contributed by atoms with Crippen LogP contribution in [0.15, 0.2) is 16.4 Å². The molecule has 2 unspecified atom stereocenters. The number of aliphatic carboxylic acids is 1. The van der Waals surface area contributed by atoms with Crippen molar-refractivity contribution in [3.8, 4) is 0 Å². The van der Waals surface area contributed by atoms with Crippen LogP contribution < -0.4 is 5.32 Å². The number of Topliss-reactive ketones (excluding diaryl/α,β-unsaturated/α-hetero) is 1. The molecule has 1 fully saturated rings. The van der Waals surface area contributed by atoms with E-state index in [2.05, 4.69) is 15.3 Å². The van der Waals surface area contributed by atoms with Crippen molar-refractivity contribution in [1.29, 1.82) is 0 Å². The van der Waals surface area contributed by atoms with Gasteiger partial charge in [0.25, 0.3) is 11.8 Å². The molecule has 2 atom stereocenters. The minimum absolute atomic E-state index is 0.0464. The maximum absolute atomic E-state index is 12.4. The smallest absolute Gasteiger partial charge is 0.352 e. The molecule has 0 saturated carbocycles. The van der Waals surface area contributed by atoms with Crippen LogP contribution in [-0.2, 0) is 28.8 Å². The number of hydrogen-bond donors (Lipinski definition) is 2. The molecule has 26 heavy (non-hydrogen) atoms. The molecule has 0 bridgehead atoms. The molecule has 2 N–H and O–H groups in total. The summed E-state index contributed by atoms with van der Waals surface area (Å²) in [6.45, 7) is 1.66. The monoisotopic (exact) mass is 385 g/mol. The Morgan fingerprint density at radius 2 is 2.08 bits per heavy atom. The molecule has 2 aliphatic rings. The van der Waals surface area contributed by atoms with E-state index in [0.717, 1.165) is 4.90 Å². The second-order valence-electron chi connectivity index (χ2n) is 5.45. The highest BCUT2D eigenvalue weighted by molar-refractivity contribution is 8.00. The lowest BCUT2D eigenvalue weighted by Gasteiger charge is -2.49. The van der Waals surface area contributed by atoms with E-state index >= 15 is 0 Å². The van der Waals surface area contributed by atoms with Crippen LogP contribution in [0.4, 0.5) is 0 Å². The van der Waals surface area contributed by atoms with Gasteiger partial charge in [-0.2, -0.15) is 0 Å². The van der Waals surface area contributed by atoms with Crippen LogP contribution in [0.25, 0.3) is 0 Å². The highest BCUT2D eigenvalue weighted by atomic mass is 32.2. The Kier molecular flexibility index (Phi) is 6.37. The standard InChI is InChI=1S/C15H19N3O7S/c1-4-8(19)9(17-25-3)12(20)16-10-13(21)18-11(15(22)23)7(5-24-2)6-26-14(10)18/h10,14H,4-6H2,1-3H3,(H,16,20)(H,22,23)/b17-9+. The molecule has 0 spiro atoms. The summed E-state index contributed by atoms with van der Waals surface area (Å²) in [4.78, 5) is 53.6. The van der Waals surface area contributed by atoms with Crippen LogP contribution in [0.5, 0.6) is 0 Å². The van der Waals surface area contributed by atoms with E-state index in [1.807, 2.05) is 0 Å². The SMILES string of the molecule is CCC(=O)/C(=N\OC)C(=O)NC1C(=O)N2C(C(=O)O)=C(COC)CSC12. The number of rotatable bonds is 8. The minimum atomic E-state index is -1.23. The van der Waals surface area contributed by atoms with Crippen LogP contribution >= 0.6 is 11.8 Å². The molecule has 0 aromatic heterocycles. The molecular weight excluding hydrogens is 366 g/mol. The summed E-state index contributed by atoms with van der Waals surface area (Å²) in [6.07, 6.45) is 0.0464. The quantitative estimate of drug-likeness (QED) is 0.244. The van der Waals surface area contributed by atoms with E-state index in [1.54, 1.807) is 6.92 Å². The summed E-state index contributed by atoms with van der Waals surface area (Å²) < 4.78 is 4.98. The molecule has 2 heterocycles. The Hall–Kier alpha value is -2.40. The van der Waals surface area contributed by atoms with Gasteiger partial charge in [0.2, 0.25) is 5.71 Å². The molecule has 2 aliphatic heterocycles. The van der Waals surface area contributed by atoms with Crippen molar-refractivity contribution in [3.63, 3.8) is 0 Å². The Morgan fingerprint density at radius 3 is 2.62 bits per heavy atom. The predicted molar refractivity (Wildman–Crippen MR) is 91.3 cm³/mol. The maximum Gasteiger partial charge on any atom is 0.352 e. The second-order valence-corrected chi connectivity index (χ2v) is 6.56. The summed E-state index contributed by atoms with van der Waals surface area (Å²) >= 11 is 1.31. The predicted octanol–water partition coefficient (Wildman–Crippen LogP) is -0.647. The number of hydrogen-bond acceptors (Lipinski definition) is 8. The van der Waals surface area contributed by atoms with Crippen molar-refractivity contribution in [2.24, 2.45) is 5.16 Å². The number of thioether (sulfide) groups is 1. The minimum Gasteiger partial charge on any atom is -0.477 e. The first-order valence-electron chi connectivity index (χ1n) is 7.71. The zero-order chi connectivity index (χ0) is 19.4. The van der Waals surface area contributed by atoms with Gasteiger partial charge in [0.05, 0.1) is 6.61 Å². The van der Waals surface area contributed by atoms with E-state index in [-0.39, 0.29) is 18.7 Å². The molecular formula is C15H19N3O7S. The fourth-order valence-corrected chi connectivity index (χ4v) is 3.98. The summed E-state index contributed by atoms with van der Waals surface area (Å²) in [5, 5.41) is 14.7. The molecule has 0 radical (unpaired) electrons. The first-order valence-corrected chi connectivity index (χ1v) is 8.76. The Balaban J connectivity index is 2.18. The van der Waals surface area contributed by atoms with Gasteiger partial charge in [0.15, 0.2) is 5.78 Å². The highest BCUT2D eigenvalue weighted by Gasteiger charge is 2.54. The van der Waals surface area contributed by atoms with Gasteiger partial charge >= 0.3 is 5.97 Å². The normalized spacial score (nSPS) is 22.5. The summed E-state index contributed by atoms with van der Waals surface area (Å²) in [5.74, 6) is -2.81. The van der Waals surface area contributed by atoms with Gasteiger partial charge in [-0.3, -0.25) is 19.3 Å². The van der Waals surface area contributed by atoms with Crippen molar-refractivity contribution in [3.05, 3.63) is 11.3 Å². The number of nitrogens with zero attached hydrogens (tertiary/aromatic N) is 2. The van der Waals surface area contributed by atoms with Crippen LogP contribution in [0.3, 0.4) is 0 Å². The second kappa shape index (κ2) is 8.32. The van der Waals surface area contributed by atoms with Crippen LogP contribution in [0.1, 0.15) is 13.3 Å². The number of carboxylic acid groups (broad SMARTS) is 1. The number of carboxylic acids is 1. The maximum atomic E-state index is 12.4. The van der Waals surface area contributed by atoms with Crippen molar-refractivity contribution in [1.82, 2.24) is 10.2 Å². The Labute approximate surface area is 153 Å². The lowest BCUT2D eigenvalue weighted by Crippen LogP contribution is -2.71. The highest BCUT2D eigenvalue weighted by Crippen LogP contribution is 2.40. The van der Waals surface area contributed by atoms with Crippen molar-refractivity contribution < 1.29 is 33.9 Å². The lowest BCUT2D eigenvalue weighted by molar-refractivity contribution is -0.150. The molecule has 2 amide bonds. The van der Waals surface area contributed by atoms with Gasteiger partial charge in [-0.15, -0.1) is 11.8 Å². The molecule has 0 aromatic carbocycles. The number of methoxy groups -OCH3 is 1. The van der Waals surface area contributed by atoms with E-state index < -0.39 is 40.7 Å². The molecule has 11 heteroatoms. The van der Waals surface area contributed by atoms with E-state index in [9.17, 15) is 24.3 Å². The molecule has 142 valence electrons. The van der Waals surface area contributed by atoms with Crippen molar-refractivity contribution in [2.45, 2.75) is 24.8 Å². The van der Waals surface area contributed by atoms with Gasteiger partial charge < -0.3 is 20.0 Å². The van der Waals surface area contributed by atoms with Gasteiger partial charge in [-0.05, 0) is 5.57 Å². The summed E-state index contributed by atoms with van der Waals surface area (Å²) in [7, 11) is 2.64.